The fourth-order valence-electron chi connectivity index (χ4n) is 1.39. The molecule has 18 heavy (non-hydrogen) atoms. The van der Waals surface area contributed by atoms with Crippen molar-refractivity contribution in [2.45, 2.75) is 32.8 Å². The van der Waals surface area contributed by atoms with Gasteiger partial charge in [-0.25, -0.2) is 4.79 Å². The lowest BCUT2D eigenvalue weighted by molar-refractivity contribution is -0.139. The number of nitrogens with zero attached hydrogens (tertiary/aromatic N) is 1. The molecule has 0 bridgehead atoms. The van der Waals surface area contributed by atoms with Gasteiger partial charge in [-0.05, 0) is 38.0 Å². The summed E-state index contributed by atoms with van der Waals surface area (Å²) in [7, 11) is 0. The maximum Gasteiger partial charge on any atom is 0.356 e. The number of hydrogen-bond acceptors (Lipinski definition) is 4. The molecule has 0 aliphatic rings. The molecule has 0 unspecified atom stereocenters. The first-order valence-electron chi connectivity index (χ1n) is 5.69. The molecule has 0 fully saturated rings. The largest absolute Gasteiger partial charge is 0.458 e. The Morgan fingerprint density at radius 2 is 2.00 bits per heavy atom. The molecule has 1 N–H and O–H groups in total. The van der Waals surface area contributed by atoms with Crippen molar-refractivity contribution >= 4 is 23.3 Å². The van der Waals surface area contributed by atoms with Gasteiger partial charge >= 0.3 is 5.97 Å². The van der Waals surface area contributed by atoms with Gasteiger partial charge in [0.25, 0.3) is 0 Å². The maximum absolute atomic E-state index is 11.5. The molecule has 0 heterocycles. The Balaban J connectivity index is 2.55. The minimum Gasteiger partial charge on any atom is -0.458 e. The minimum absolute atomic E-state index is 0.0265. The van der Waals surface area contributed by atoms with Gasteiger partial charge in [-0.15, -0.1) is 0 Å². The van der Waals surface area contributed by atoms with Crippen molar-refractivity contribution in [2.75, 3.05) is 0 Å². The molecule has 4 nitrogen and oxygen atoms in total. The quantitative estimate of drug-likeness (QED) is 0.387. The van der Waals surface area contributed by atoms with Crippen LogP contribution in [0.2, 0.25) is 5.02 Å². The normalized spacial score (nSPS) is 11.7. The third-order valence-electron chi connectivity index (χ3n) is 2.26. The fourth-order valence-corrected chi connectivity index (χ4v) is 1.51. The predicted molar refractivity (Wildman–Crippen MR) is 70.2 cm³/mol. The van der Waals surface area contributed by atoms with Gasteiger partial charge in [-0.1, -0.05) is 28.9 Å². The van der Waals surface area contributed by atoms with Crippen LogP contribution >= 0.6 is 11.6 Å². The number of rotatable bonds is 5. The molecule has 5 heteroatoms. The molecule has 0 saturated heterocycles. The molecule has 0 radical (unpaired) electrons. The van der Waals surface area contributed by atoms with E-state index >= 15 is 0 Å². The summed E-state index contributed by atoms with van der Waals surface area (Å²) in [4.78, 5) is 11.5. The zero-order valence-corrected chi connectivity index (χ0v) is 11.1. The van der Waals surface area contributed by atoms with Crippen LogP contribution in [0.15, 0.2) is 29.4 Å². The molecule has 1 aromatic rings. The van der Waals surface area contributed by atoms with Gasteiger partial charge in [-0.3, -0.25) is 0 Å². The van der Waals surface area contributed by atoms with Crippen molar-refractivity contribution in [3.63, 3.8) is 0 Å². The monoisotopic (exact) mass is 269 g/mol. The van der Waals surface area contributed by atoms with Crippen molar-refractivity contribution < 1.29 is 14.7 Å². The number of ether oxygens (including phenoxy) is 1. The summed E-state index contributed by atoms with van der Waals surface area (Å²) in [6.07, 6.45) is 0.678. The Labute approximate surface area is 111 Å². The van der Waals surface area contributed by atoms with Crippen LogP contribution < -0.4 is 0 Å². The Hall–Kier alpha value is -1.55. The van der Waals surface area contributed by atoms with Gasteiger partial charge in [0.1, 0.15) is 0 Å². The number of hydrogen-bond donors (Lipinski definition) is 1. The first kappa shape index (κ1) is 14.5. The van der Waals surface area contributed by atoms with Gasteiger partial charge in [-0.2, -0.15) is 0 Å². The molecule has 1 aromatic carbocycles. The first-order chi connectivity index (χ1) is 8.52. The van der Waals surface area contributed by atoms with E-state index in [0.29, 0.717) is 17.9 Å². The Kier molecular flexibility index (Phi) is 5.65. The van der Waals surface area contributed by atoms with Gasteiger partial charge in [0.05, 0.1) is 6.10 Å². The third kappa shape index (κ3) is 4.75. The molecule has 1 rings (SSSR count). The van der Waals surface area contributed by atoms with Crippen molar-refractivity contribution in [3.8, 4) is 0 Å². The first-order valence-corrected chi connectivity index (χ1v) is 6.07. The van der Waals surface area contributed by atoms with Crippen LogP contribution in [0.1, 0.15) is 25.8 Å². The Morgan fingerprint density at radius 1 is 1.39 bits per heavy atom. The summed E-state index contributed by atoms with van der Waals surface area (Å²) in [5.41, 5.74) is 1.04. The summed E-state index contributed by atoms with van der Waals surface area (Å²) in [5.74, 6) is -0.582. The average Bonchev–Trinajstić information content (AvgIpc) is 2.31. The Morgan fingerprint density at radius 3 is 2.50 bits per heavy atom. The summed E-state index contributed by atoms with van der Waals surface area (Å²) >= 11 is 5.77. The van der Waals surface area contributed by atoms with Crippen LogP contribution in [0.4, 0.5) is 0 Å². The lowest BCUT2D eigenvalue weighted by atomic mass is 10.1. The number of esters is 1. The van der Waals surface area contributed by atoms with Crippen LogP contribution in [0.3, 0.4) is 0 Å². The highest BCUT2D eigenvalue weighted by Gasteiger charge is 2.15. The highest BCUT2D eigenvalue weighted by atomic mass is 35.5. The van der Waals surface area contributed by atoms with E-state index in [4.69, 9.17) is 21.5 Å². The van der Waals surface area contributed by atoms with Gasteiger partial charge in [0, 0.05) is 11.4 Å². The van der Waals surface area contributed by atoms with Crippen molar-refractivity contribution in [1.82, 2.24) is 0 Å². The summed E-state index contributed by atoms with van der Waals surface area (Å²) in [6, 6.07) is 7.29. The predicted octanol–water partition coefficient (Wildman–Crippen LogP) is 3.05. The second-order valence-corrected chi connectivity index (χ2v) is 4.56. The van der Waals surface area contributed by atoms with Gasteiger partial charge in [0.15, 0.2) is 5.71 Å². The summed E-state index contributed by atoms with van der Waals surface area (Å²) in [5, 5.41) is 12.4. The van der Waals surface area contributed by atoms with Crippen LogP contribution in [-0.4, -0.2) is 23.0 Å². The molecule has 0 atom stereocenters. The second-order valence-electron chi connectivity index (χ2n) is 4.13. The lowest BCUT2D eigenvalue weighted by Gasteiger charge is -2.08. The molecule has 0 aliphatic heterocycles. The van der Waals surface area contributed by atoms with E-state index in [2.05, 4.69) is 5.16 Å². The van der Waals surface area contributed by atoms with Crippen LogP contribution in [-0.2, 0) is 16.0 Å². The molecular formula is C13H16ClNO3. The number of aryl methyl sites for hydroxylation is 1. The van der Waals surface area contributed by atoms with Crippen LogP contribution in [0.5, 0.6) is 0 Å². The van der Waals surface area contributed by atoms with Crippen LogP contribution in [0.25, 0.3) is 0 Å². The van der Waals surface area contributed by atoms with E-state index in [1.807, 2.05) is 12.1 Å². The summed E-state index contributed by atoms with van der Waals surface area (Å²) < 4.78 is 4.96. The molecule has 0 saturated carbocycles. The number of oxime groups is 1. The zero-order chi connectivity index (χ0) is 13.5. The molecule has 0 aliphatic carbocycles. The molecule has 0 amide bonds. The lowest BCUT2D eigenvalue weighted by Crippen LogP contribution is -2.21. The van der Waals surface area contributed by atoms with Gasteiger partial charge in [0.2, 0.25) is 0 Å². The van der Waals surface area contributed by atoms with E-state index in [0.717, 1.165) is 5.56 Å². The number of benzene rings is 1. The van der Waals surface area contributed by atoms with Crippen molar-refractivity contribution in [3.05, 3.63) is 34.9 Å². The molecular weight excluding hydrogens is 254 g/mol. The SMILES string of the molecule is CC(C)OC(=O)C(CCc1ccc(Cl)cc1)=NO. The fraction of sp³-hybridized carbons (Fsp3) is 0.385. The average molecular weight is 270 g/mol. The standard InChI is InChI=1S/C13H16ClNO3/c1-9(2)18-13(16)12(15-17)8-5-10-3-6-11(14)7-4-10/h3-4,6-7,9,17H,5,8H2,1-2H3. The van der Waals surface area contributed by atoms with Gasteiger partial charge < -0.3 is 9.94 Å². The van der Waals surface area contributed by atoms with Crippen molar-refractivity contribution in [2.24, 2.45) is 5.16 Å². The van der Waals surface area contributed by atoms with Crippen molar-refractivity contribution in [1.29, 1.82) is 0 Å². The number of carbonyl (C=O) groups is 1. The van der Waals surface area contributed by atoms with Crippen LogP contribution in [0, 0.1) is 0 Å². The van der Waals surface area contributed by atoms with E-state index in [1.54, 1.807) is 26.0 Å². The molecule has 98 valence electrons. The van der Waals surface area contributed by atoms with E-state index < -0.39 is 5.97 Å². The van der Waals surface area contributed by atoms with E-state index in [-0.39, 0.29) is 11.8 Å². The Bertz CT molecular complexity index is 426. The maximum atomic E-state index is 11.5. The minimum atomic E-state index is -0.582. The highest BCUT2D eigenvalue weighted by molar-refractivity contribution is 6.36. The molecule has 0 spiro atoms. The number of carbonyl (C=O) groups excluding carboxylic acids is 1. The number of halogens is 1. The van der Waals surface area contributed by atoms with E-state index in [9.17, 15) is 4.79 Å². The second kappa shape index (κ2) is 7.01. The smallest absolute Gasteiger partial charge is 0.356 e. The zero-order valence-electron chi connectivity index (χ0n) is 10.4. The van der Waals surface area contributed by atoms with E-state index in [1.165, 1.54) is 0 Å². The summed E-state index contributed by atoms with van der Waals surface area (Å²) in [6.45, 7) is 3.48. The topological polar surface area (TPSA) is 58.9 Å². The molecule has 0 aromatic heterocycles. The highest BCUT2D eigenvalue weighted by Crippen LogP contribution is 2.11. The third-order valence-corrected chi connectivity index (χ3v) is 2.51.